The Labute approximate surface area is 179 Å². The van der Waals surface area contributed by atoms with Crippen LogP contribution in [0, 0.1) is 0 Å². The van der Waals surface area contributed by atoms with E-state index in [-0.39, 0.29) is 0 Å². The number of allylic oxidation sites excluding steroid dienone is 1. The van der Waals surface area contributed by atoms with Crippen LogP contribution in [0.1, 0.15) is 23.1 Å². The molecular weight excluding hydrogens is 376 g/mol. The second-order valence-corrected chi connectivity index (χ2v) is 7.71. The van der Waals surface area contributed by atoms with E-state index < -0.39 is 0 Å². The van der Waals surface area contributed by atoms with E-state index in [4.69, 9.17) is 11.6 Å². The highest BCUT2D eigenvalue weighted by atomic mass is 35.5. The minimum Gasteiger partial charge on any atom is -0.384 e. The van der Waals surface area contributed by atoms with Crippen molar-refractivity contribution in [2.45, 2.75) is 6.42 Å². The molecule has 0 saturated heterocycles. The van der Waals surface area contributed by atoms with E-state index in [0.717, 1.165) is 25.2 Å². The third kappa shape index (κ3) is 5.96. The fourth-order valence-corrected chi connectivity index (χ4v) is 3.64. The first-order valence-electron chi connectivity index (χ1n) is 10.1. The first kappa shape index (κ1) is 21.2. The zero-order valence-corrected chi connectivity index (χ0v) is 18.0. The number of benzene rings is 3. The summed E-state index contributed by atoms with van der Waals surface area (Å²) in [5.74, 6) is 0.588. The van der Waals surface area contributed by atoms with Crippen LogP contribution in [0.25, 0.3) is 11.1 Å². The Morgan fingerprint density at radius 3 is 1.86 bits per heavy atom. The van der Waals surface area contributed by atoms with Crippen molar-refractivity contribution in [1.82, 2.24) is 4.90 Å². The molecule has 0 aliphatic carbocycles. The number of hydrogen-bond acceptors (Lipinski definition) is 2. The van der Waals surface area contributed by atoms with E-state index >= 15 is 0 Å². The van der Waals surface area contributed by atoms with Crippen molar-refractivity contribution in [1.29, 1.82) is 0 Å². The van der Waals surface area contributed by atoms with Gasteiger partial charge in [0.2, 0.25) is 0 Å². The van der Waals surface area contributed by atoms with E-state index in [2.05, 4.69) is 109 Å². The van der Waals surface area contributed by atoms with Gasteiger partial charge < -0.3 is 10.2 Å². The summed E-state index contributed by atoms with van der Waals surface area (Å²) in [6.07, 6.45) is 0.818. The van der Waals surface area contributed by atoms with Crippen molar-refractivity contribution in [3.05, 3.63) is 102 Å². The average Bonchev–Trinajstić information content (AvgIpc) is 2.75. The van der Waals surface area contributed by atoms with Crippen LogP contribution in [-0.4, -0.2) is 38.0 Å². The van der Waals surface area contributed by atoms with Gasteiger partial charge in [0.1, 0.15) is 0 Å². The number of halogens is 1. The predicted octanol–water partition coefficient (Wildman–Crippen LogP) is 6.25. The van der Waals surface area contributed by atoms with Crippen LogP contribution in [0.2, 0.25) is 0 Å². The molecule has 0 spiro atoms. The lowest BCUT2D eigenvalue weighted by molar-refractivity contribution is 0.425. The van der Waals surface area contributed by atoms with Crippen molar-refractivity contribution in [3.63, 3.8) is 0 Å². The van der Waals surface area contributed by atoms with E-state index in [0.29, 0.717) is 5.88 Å². The van der Waals surface area contributed by atoms with Gasteiger partial charge in [-0.05, 0) is 60.5 Å². The lowest BCUT2D eigenvalue weighted by Gasteiger charge is -2.17. The molecule has 1 N–H and O–H groups in total. The number of alkyl halides is 1. The van der Waals surface area contributed by atoms with Crippen molar-refractivity contribution < 1.29 is 0 Å². The second kappa shape index (κ2) is 10.8. The average molecular weight is 405 g/mol. The van der Waals surface area contributed by atoms with E-state index in [1.807, 2.05) is 0 Å². The summed E-state index contributed by atoms with van der Waals surface area (Å²) in [6, 6.07) is 29.9. The number of hydrogen-bond donors (Lipinski definition) is 1. The Balaban J connectivity index is 2.02. The lowest BCUT2D eigenvalue weighted by Crippen LogP contribution is -2.20. The topological polar surface area (TPSA) is 15.3 Å². The van der Waals surface area contributed by atoms with Gasteiger partial charge in [0.25, 0.3) is 0 Å². The molecule has 0 bridgehead atoms. The number of rotatable bonds is 9. The summed E-state index contributed by atoms with van der Waals surface area (Å²) in [5, 5.41) is 3.49. The monoisotopic (exact) mass is 404 g/mol. The summed E-state index contributed by atoms with van der Waals surface area (Å²) in [6.45, 7) is 1.93. The maximum Gasteiger partial charge on any atom is 0.0341 e. The Kier molecular flexibility index (Phi) is 7.92. The number of nitrogens with one attached hydrogen (secondary N) is 1. The summed E-state index contributed by atoms with van der Waals surface area (Å²) in [4.78, 5) is 2.18. The minimum atomic E-state index is 0.588. The molecule has 0 unspecified atom stereocenters. The fraction of sp³-hybridized carbons (Fsp3) is 0.231. The van der Waals surface area contributed by atoms with Crippen LogP contribution in [0.5, 0.6) is 0 Å². The standard InChI is InChI=1S/C26H29ClN2/c1-29(2)20-19-28-24-15-13-23(14-16-24)26(22-11-7-4-8-12-22)25(17-18-27)21-9-5-3-6-10-21/h3-16,28H,17-20H2,1-2H3/b26-25+. The molecule has 0 atom stereocenters. The van der Waals surface area contributed by atoms with Gasteiger partial charge in [-0.25, -0.2) is 0 Å². The number of likely N-dealkylation sites (N-methyl/N-ethyl adjacent to an activating group) is 1. The highest BCUT2D eigenvalue weighted by molar-refractivity contribution is 6.18. The predicted molar refractivity (Wildman–Crippen MR) is 128 cm³/mol. The van der Waals surface area contributed by atoms with Gasteiger partial charge in [-0.2, -0.15) is 0 Å². The maximum absolute atomic E-state index is 6.22. The number of anilines is 1. The summed E-state index contributed by atoms with van der Waals surface area (Å²) in [7, 11) is 4.17. The molecule has 0 radical (unpaired) electrons. The smallest absolute Gasteiger partial charge is 0.0341 e. The third-order valence-corrected chi connectivity index (χ3v) is 5.08. The fourth-order valence-electron chi connectivity index (χ4n) is 3.45. The van der Waals surface area contributed by atoms with Crippen molar-refractivity contribution in [2.75, 3.05) is 38.4 Å². The summed E-state index contributed by atoms with van der Waals surface area (Å²) < 4.78 is 0. The lowest BCUT2D eigenvalue weighted by atomic mass is 9.88. The highest BCUT2D eigenvalue weighted by Gasteiger charge is 2.13. The largest absolute Gasteiger partial charge is 0.384 e. The molecule has 0 amide bonds. The number of nitrogens with zero attached hydrogens (tertiary/aromatic N) is 1. The highest BCUT2D eigenvalue weighted by Crippen LogP contribution is 2.35. The van der Waals surface area contributed by atoms with Gasteiger partial charge in [-0.15, -0.1) is 11.6 Å². The van der Waals surface area contributed by atoms with Gasteiger partial charge in [0, 0.05) is 24.7 Å². The Morgan fingerprint density at radius 2 is 1.31 bits per heavy atom. The molecule has 3 heteroatoms. The van der Waals surface area contributed by atoms with Crippen LogP contribution in [0.15, 0.2) is 84.9 Å². The van der Waals surface area contributed by atoms with E-state index in [1.54, 1.807) is 0 Å². The summed E-state index contributed by atoms with van der Waals surface area (Å²) >= 11 is 6.22. The molecule has 0 heterocycles. The molecule has 3 aromatic carbocycles. The van der Waals surface area contributed by atoms with E-state index in [1.165, 1.54) is 27.8 Å². The maximum atomic E-state index is 6.22. The Hall–Kier alpha value is -2.55. The normalized spacial score (nSPS) is 12.0. The van der Waals surface area contributed by atoms with Gasteiger partial charge >= 0.3 is 0 Å². The molecule has 29 heavy (non-hydrogen) atoms. The molecule has 3 rings (SSSR count). The van der Waals surface area contributed by atoms with Crippen molar-refractivity contribution >= 4 is 28.4 Å². The minimum absolute atomic E-state index is 0.588. The van der Waals surface area contributed by atoms with Crippen LogP contribution in [0.4, 0.5) is 5.69 Å². The summed E-state index contributed by atoms with van der Waals surface area (Å²) in [5.41, 5.74) is 7.31. The Bertz CT molecular complexity index is 900. The quantitative estimate of drug-likeness (QED) is 0.335. The first-order valence-corrected chi connectivity index (χ1v) is 10.6. The van der Waals surface area contributed by atoms with Crippen molar-refractivity contribution in [2.24, 2.45) is 0 Å². The molecule has 0 aliphatic rings. The van der Waals surface area contributed by atoms with Crippen LogP contribution < -0.4 is 5.32 Å². The van der Waals surface area contributed by atoms with Gasteiger partial charge in [-0.1, -0.05) is 72.8 Å². The van der Waals surface area contributed by atoms with Gasteiger partial charge in [-0.3, -0.25) is 0 Å². The first-order chi connectivity index (χ1) is 14.2. The van der Waals surface area contributed by atoms with Crippen LogP contribution in [-0.2, 0) is 0 Å². The van der Waals surface area contributed by atoms with Crippen LogP contribution >= 0.6 is 11.6 Å². The second-order valence-electron chi connectivity index (χ2n) is 7.33. The van der Waals surface area contributed by atoms with Crippen LogP contribution in [0.3, 0.4) is 0 Å². The third-order valence-electron chi connectivity index (χ3n) is 4.89. The molecule has 0 fully saturated rings. The van der Waals surface area contributed by atoms with Crippen molar-refractivity contribution in [3.8, 4) is 0 Å². The zero-order chi connectivity index (χ0) is 20.5. The Morgan fingerprint density at radius 1 is 0.759 bits per heavy atom. The molecule has 0 aliphatic heterocycles. The molecule has 2 nitrogen and oxygen atoms in total. The molecule has 0 saturated carbocycles. The van der Waals surface area contributed by atoms with Gasteiger partial charge in [0.15, 0.2) is 0 Å². The van der Waals surface area contributed by atoms with E-state index in [9.17, 15) is 0 Å². The molecular formula is C26H29ClN2. The molecule has 150 valence electrons. The SMILES string of the molecule is CN(C)CCNc1ccc(/C(=C(\CCCl)c2ccccc2)c2ccccc2)cc1. The zero-order valence-electron chi connectivity index (χ0n) is 17.2. The van der Waals surface area contributed by atoms with Gasteiger partial charge in [0.05, 0.1) is 0 Å². The molecule has 0 aromatic heterocycles. The molecule has 3 aromatic rings.